The smallest absolute Gasteiger partial charge is 0.273 e. The van der Waals surface area contributed by atoms with Crippen molar-refractivity contribution in [1.29, 1.82) is 0 Å². The molecule has 1 saturated heterocycles. The van der Waals surface area contributed by atoms with Gasteiger partial charge in [0.1, 0.15) is 21.4 Å². The Morgan fingerprint density at radius 3 is 2.31 bits per heavy atom. The van der Waals surface area contributed by atoms with Crippen LogP contribution in [0.4, 0.5) is 4.39 Å². The summed E-state index contributed by atoms with van der Waals surface area (Å²) in [5.41, 5.74) is 1.29. The van der Waals surface area contributed by atoms with Crippen molar-refractivity contribution in [1.82, 2.24) is 14.2 Å². The van der Waals surface area contributed by atoms with Crippen LogP contribution in [0.5, 0.6) is 0 Å². The van der Waals surface area contributed by atoms with E-state index in [4.69, 9.17) is 0 Å². The van der Waals surface area contributed by atoms with Gasteiger partial charge in [0.15, 0.2) is 0 Å². The third-order valence-corrected chi connectivity index (χ3v) is 7.55. The van der Waals surface area contributed by atoms with Crippen LogP contribution in [0.15, 0.2) is 64.9 Å². The van der Waals surface area contributed by atoms with Crippen LogP contribution in [-0.4, -0.2) is 54.7 Å². The number of carbonyl (C=O) groups excluding carboxylic acids is 1. The van der Waals surface area contributed by atoms with Crippen LogP contribution in [-0.2, 0) is 10.0 Å². The summed E-state index contributed by atoms with van der Waals surface area (Å²) in [7, 11) is -3.93. The molecule has 0 aliphatic carbocycles. The van der Waals surface area contributed by atoms with Crippen LogP contribution < -0.4 is 0 Å². The Kier molecular flexibility index (Phi) is 5.44. The molecule has 0 radical (unpaired) electrons. The lowest BCUT2D eigenvalue weighted by Crippen LogP contribution is -2.50. The third-order valence-electron chi connectivity index (χ3n) is 4.72. The number of hydrogen-bond donors (Lipinski definition) is 0. The second-order valence-electron chi connectivity index (χ2n) is 6.53. The average molecular weight is 432 g/mol. The van der Waals surface area contributed by atoms with Gasteiger partial charge in [0, 0.05) is 37.1 Å². The summed E-state index contributed by atoms with van der Waals surface area (Å²) in [5, 5.41) is 2.47. The minimum atomic E-state index is -3.93. The predicted molar refractivity (Wildman–Crippen MR) is 109 cm³/mol. The molecule has 0 saturated carbocycles. The Hall–Kier alpha value is -2.62. The first-order valence-electron chi connectivity index (χ1n) is 9.02. The molecule has 1 fully saturated rings. The highest BCUT2D eigenvalue weighted by Gasteiger charge is 2.32. The second kappa shape index (κ2) is 8.02. The van der Waals surface area contributed by atoms with Gasteiger partial charge in [0.25, 0.3) is 5.91 Å². The molecule has 150 valence electrons. The maximum atomic E-state index is 13.9. The summed E-state index contributed by atoms with van der Waals surface area (Å²) in [6, 6.07) is 14.9. The van der Waals surface area contributed by atoms with Gasteiger partial charge < -0.3 is 4.90 Å². The van der Waals surface area contributed by atoms with E-state index < -0.39 is 15.8 Å². The molecule has 9 heteroatoms. The first kappa shape index (κ1) is 19.7. The van der Waals surface area contributed by atoms with Gasteiger partial charge >= 0.3 is 0 Å². The van der Waals surface area contributed by atoms with Crippen LogP contribution in [0, 0.1) is 5.82 Å². The lowest BCUT2D eigenvalue weighted by Gasteiger charge is -2.33. The van der Waals surface area contributed by atoms with Crippen molar-refractivity contribution in [2.24, 2.45) is 0 Å². The number of hydrogen-bond acceptors (Lipinski definition) is 5. The van der Waals surface area contributed by atoms with Gasteiger partial charge in [0.05, 0.1) is 0 Å². The van der Waals surface area contributed by atoms with Crippen LogP contribution >= 0.6 is 11.3 Å². The molecule has 0 bridgehead atoms. The van der Waals surface area contributed by atoms with Crippen LogP contribution in [0.3, 0.4) is 0 Å². The fourth-order valence-electron chi connectivity index (χ4n) is 3.17. The minimum absolute atomic E-state index is 0.109. The maximum absolute atomic E-state index is 13.9. The van der Waals surface area contributed by atoms with E-state index in [0.29, 0.717) is 5.69 Å². The summed E-state index contributed by atoms with van der Waals surface area (Å²) >= 11 is 1.39. The molecule has 1 aromatic heterocycles. The molecule has 1 aliphatic heterocycles. The summed E-state index contributed by atoms with van der Waals surface area (Å²) in [6.45, 7) is 0.672. The van der Waals surface area contributed by atoms with Gasteiger partial charge in [-0.1, -0.05) is 42.5 Å². The number of aromatic nitrogens is 1. The van der Waals surface area contributed by atoms with Gasteiger partial charge in [-0.15, -0.1) is 11.3 Å². The van der Waals surface area contributed by atoms with E-state index in [1.54, 1.807) is 10.3 Å². The molecule has 0 spiro atoms. The van der Waals surface area contributed by atoms with Crippen molar-refractivity contribution in [2.45, 2.75) is 4.90 Å². The largest absolute Gasteiger partial charge is 0.335 e. The fraction of sp³-hybridized carbons (Fsp3) is 0.200. The summed E-state index contributed by atoms with van der Waals surface area (Å²) in [6.07, 6.45) is 0. The summed E-state index contributed by atoms with van der Waals surface area (Å²) in [4.78, 5) is 18.4. The average Bonchev–Trinajstić information content (AvgIpc) is 3.24. The number of rotatable bonds is 4. The summed E-state index contributed by atoms with van der Waals surface area (Å²) < 4.78 is 40.5. The predicted octanol–water partition coefficient (Wildman–Crippen LogP) is 3.10. The Bertz CT molecular complexity index is 1120. The molecule has 0 atom stereocenters. The SMILES string of the molecule is O=C(c1csc(-c2ccccc2)n1)N1CCN(S(=O)(=O)c2ccccc2F)CC1. The Morgan fingerprint density at radius 1 is 0.966 bits per heavy atom. The molecule has 0 N–H and O–H groups in total. The monoisotopic (exact) mass is 431 g/mol. The molecule has 2 aromatic carbocycles. The van der Waals surface area contributed by atoms with Gasteiger partial charge in [-0.25, -0.2) is 17.8 Å². The number of benzene rings is 2. The topological polar surface area (TPSA) is 70.6 Å². The highest BCUT2D eigenvalue weighted by atomic mass is 32.2. The number of nitrogens with zero attached hydrogens (tertiary/aromatic N) is 3. The maximum Gasteiger partial charge on any atom is 0.273 e. The van der Waals surface area contributed by atoms with E-state index in [0.717, 1.165) is 16.6 Å². The van der Waals surface area contributed by atoms with E-state index in [9.17, 15) is 17.6 Å². The normalized spacial score (nSPS) is 15.4. The van der Waals surface area contributed by atoms with Crippen molar-refractivity contribution in [2.75, 3.05) is 26.2 Å². The quantitative estimate of drug-likeness (QED) is 0.637. The third kappa shape index (κ3) is 3.93. The van der Waals surface area contributed by atoms with Crippen molar-refractivity contribution in [3.05, 3.63) is 71.5 Å². The molecule has 4 rings (SSSR count). The Balaban J connectivity index is 1.44. The molecule has 6 nitrogen and oxygen atoms in total. The fourth-order valence-corrected chi connectivity index (χ4v) is 5.46. The first-order valence-corrected chi connectivity index (χ1v) is 11.3. The van der Waals surface area contributed by atoms with Crippen LogP contribution in [0.1, 0.15) is 10.5 Å². The number of sulfonamides is 1. The Morgan fingerprint density at radius 2 is 1.62 bits per heavy atom. The van der Waals surface area contributed by atoms with Crippen LogP contribution in [0.2, 0.25) is 0 Å². The highest BCUT2D eigenvalue weighted by molar-refractivity contribution is 7.89. The standard InChI is InChI=1S/C20H18FN3O3S2/c21-16-8-4-5-9-18(16)29(26,27)24-12-10-23(11-13-24)20(25)17-14-28-19(22-17)15-6-2-1-3-7-15/h1-9,14H,10-13H2. The molecule has 29 heavy (non-hydrogen) atoms. The van der Waals surface area contributed by atoms with Crippen molar-refractivity contribution in [3.63, 3.8) is 0 Å². The number of piperazine rings is 1. The van der Waals surface area contributed by atoms with E-state index in [1.165, 1.54) is 33.8 Å². The number of halogens is 1. The number of amides is 1. The molecule has 1 amide bonds. The summed E-state index contributed by atoms with van der Waals surface area (Å²) in [5.74, 6) is -1.01. The zero-order valence-corrected chi connectivity index (χ0v) is 17.0. The molecule has 2 heterocycles. The zero-order valence-electron chi connectivity index (χ0n) is 15.4. The van der Waals surface area contributed by atoms with E-state index in [-0.39, 0.29) is 37.0 Å². The van der Waals surface area contributed by atoms with Gasteiger partial charge in [-0.2, -0.15) is 4.31 Å². The van der Waals surface area contributed by atoms with Crippen molar-refractivity contribution >= 4 is 27.3 Å². The number of thiazole rings is 1. The number of carbonyl (C=O) groups is 1. The van der Waals surface area contributed by atoms with Gasteiger partial charge in [0.2, 0.25) is 10.0 Å². The van der Waals surface area contributed by atoms with E-state index >= 15 is 0 Å². The van der Waals surface area contributed by atoms with Gasteiger partial charge in [-0.3, -0.25) is 4.79 Å². The second-order valence-corrected chi connectivity index (χ2v) is 9.30. The molecular formula is C20H18FN3O3S2. The van der Waals surface area contributed by atoms with Crippen LogP contribution in [0.25, 0.3) is 10.6 Å². The molecule has 3 aromatic rings. The lowest BCUT2D eigenvalue weighted by atomic mass is 10.2. The van der Waals surface area contributed by atoms with E-state index in [1.807, 2.05) is 30.3 Å². The molecule has 1 aliphatic rings. The minimum Gasteiger partial charge on any atom is -0.335 e. The Labute approximate surface area is 172 Å². The van der Waals surface area contributed by atoms with E-state index in [2.05, 4.69) is 4.98 Å². The molecule has 0 unspecified atom stereocenters. The molecular weight excluding hydrogens is 413 g/mol. The lowest BCUT2D eigenvalue weighted by molar-refractivity contribution is 0.0692. The highest BCUT2D eigenvalue weighted by Crippen LogP contribution is 2.25. The first-order chi connectivity index (χ1) is 14.0. The van der Waals surface area contributed by atoms with Gasteiger partial charge in [-0.05, 0) is 12.1 Å². The zero-order chi connectivity index (χ0) is 20.4. The van der Waals surface area contributed by atoms with Crippen molar-refractivity contribution in [3.8, 4) is 10.6 Å². The van der Waals surface area contributed by atoms with Crippen molar-refractivity contribution < 1.29 is 17.6 Å².